The summed E-state index contributed by atoms with van der Waals surface area (Å²) in [5, 5.41) is 4.54. The van der Waals surface area contributed by atoms with Gasteiger partial charge in [-0.1, -0.05) is 31.9 Å². The Morgan fingerprint density at radius 2 is 2.00 bits per heavy atom. The van der Waals surface area contributed by atoms with E-state index in [0.29, 0.717) is 13.2 Å². The molecule has 2 heterocycles. The van der Waals surface area contributed by atoms with E-state index in [4.69, 9.17) is 9.47 Å². The third-order valence-electron chi connectivity index (χ3n) is 4.66. The van der Waals surface area contributed by atoms with E-state index in [9.17, 15) is 4.79 Å². The van der Waals surface area contributed by atoms with E-state index in [1.807, 2.05) is 36.5 Å². The molecule has 162 valence electrons. The molecule has 1 atom stereocenters. The molecule has 0 bridgehead atoms. The molecule has 0 N–H and O–H groups in total. The van der Waals surface area contributed by atoms with E-state index < -0.39 is 0 Å². The Morgan fingerprint density at radius 1 is 1.26 bits per heavy atom. The van der Waals surface area contributed by atoms with Gasteiger partial charge in [0.25, 0.3) is 0 Å². The van der Waals surface area contributed by atoms with Crippen molar-refractivity contribution in [2.75, 3.05) is 6.61 Å². The van der Waals surface area contributed by atoms with Crippen LogP contribution in [-0.4, -0.2) is 27.2 Å². The molecule has 1 aromatic carbocycles. The van der Waals surface area contributed by atoms with Crippen molar-refractivity contribution in [3.8, 4) is 17.6 Å². The molecule has 0 aliphatic rings. The normalized spacial score (nSPS) is 11.8. The van der Waals surface area contributed by atoms with E-state index in [-0.39, 0.29) is 24.2 Å². The van der Waals surface area contributed by atoms with Crippen LogP contribution in [0.1, 0.15) is 62.9 Å². The first kappa shape index (κ1) is 22.8. The molecule has 0 spiro atoms. The van der Waals surface area contributed by atoms with Gasteiger partial charge in [-0.3, -0.25) is 4.79 Å². The van der Waals surface area contributed by atoms with Gasteiger partial charge in [-0.2, -0.15) is 5.10 Å². The summed E-state index contributed by atoms with van der Waals surface area (Å²) in [6, 6.07) is 9.66. The molecule has 0 saturated heterocycles. The fourth-order valence-electron chi connectivity index (χ4n) is 3.11. The lowest BCUT2D eigenvalue weighted by molar-refractivity contribution is -0.143. The van der Waals surface area contributed by atoms with Crippen molar-refractivity contribution >= 4 is 27.5 Å². The zero-order valence-electron chi connectivity index (χ0n) is 18.2. The van der Waals surface area contributed by atoms with E-state index in [1.54, 1.807) is 18.4 Å². The van der Waals surface area contributed by atoms with Gasteiger partial charge in [-0.05, 0) is 53.5 Å². The Labute approximate surface area is 191 Å². The second-order valence-electron chi connectivity index (χ2n) is 7.40. The number of carbonyl (C=O) groups excluding carboxylic acids is 1. The first-order valence-corrected chi connectivity index (χ1v) is 11.1. The van der Waals surface area contributed by atoms with Gasteiger partial charge in [0.05, 0.1) is 23.4 Å². The number of benzene rings is 1. The van der Waals surface area contributed by atoms with Gasteiger partial charge in [-0.15, -0.1) is 5.92 Å². The van der Waals surface area contributed by atoms with E-state index >= 15 is 0 Å². The highest BCUT2D eigenvalue weighted by Gasteiger charge is 2.15. The molecule has 3 rings (SSSR count). The van der Waals surface area contributed by atoms with Crippen LogP contribution in [-0.2, 0) is 16.1 Å². The number of halogens is 1. The fourth-order valence-corrected chi connectivity index (χ4v) is 3.68. The van der Waals surface area contributed by atoms with Crippen molar-refractivity contribution in [3.05, 3.63) is 58.0 Å². The predicted octanol–water partition coefficient (Wildman–Crippen LogP) is 5.25. The van der Waals surface area contributed by atoms with Gasteiger partial charge in [0.15, 0.2) is 11.5 Å². The van der Waals surface area contributed by atoms with Crippen molar-refractivity contribution in [2.24, 2.45) is 0 Å². The highest BCUT2D eigenvalue weighted by Crippen LogP contribution is 2.24. The summed E-state index contributed by atoms with van der Waals surface area (Å²) in [7, 11) is 0. The number of rotatable bonds is 8. The number of nitrogens with zero attached hydrogens (tertiary/aromatic N) is 3. The SMILES string of the molecule is CC#C[C@@H](CC(=O)OCC)c1ccc(OCc2cc(Br)c3nc(C(C)C)nn3c2)cc1. The Balaban J connectivity index is 1.69. The molecular weight excluding hydrogens is 458 g/mol. The molecule has 6 nitrogen and oxygen atoms in total. The third kappa shape index (κ3) is 5.86. The molecule has 0 unspecified atom stereocenters. The second kappa shape index (κ2) is 10.5. The predicted molar refractivity (Wildman–Crippen MR) is 123 cm³/mol. The second-order valence-corrected chi connectivity index (χ2v) is 8.26. The van der Waals surface area contributed by atoms with Crippen LogP contribution >= 0.6 is 15.9 Å². The number of carbonyl (C=O) groups is 1. The smallest absolute Gasteiger partial charge is 0.307 e. The summed E-state index contributed by atoms with van der Waals surface area (Å²) in [6.07, 6.45) is 2.17. The molecule has 31 heavy (non-hydrogen) atoms. The summed E-state index contributed by atoms with van der Waals surface area (Å²) in [5.74, 6) is 7.35. The molecule has 0 saturated carbocycles. The fraction of sp³-hybridized carbons (Fsp3) is 0.375. The molecule has 0 aliphatic heterocycles. The van der Waals surface area contributed by atoms with Crippen molar-refractivity contribution in [1.29, 1.82) is 0 Å². The molecule has 0 fully saturated rings. The lowest BCUT2D eigenvalue weighted by atomic mass is 9.96. The minimum atomic E-state index is -0.245. The van der Waals surface area contributed by atoms with E-state index in [0.717, 1.165) is 32.8 Å². The maximum atomic E-state index is 11.9. The Morgan fingerprint density at radius 3 is 2.65 bits per heavy atom. The molecule has 7 heteroatoms. The molecule has 0 amide bonds. The summed E-state index contributed by atoms with van der Waals surface area (Å²) in [5.41, 5.74) is 2.73. The van der Waals surface area contributed by atoms with Gasteiger partial charge in [0.2, 0.25) is 0 Å². The van der Waals surface area contributed by atoms with Crippen molar-refractivity contribution < 1.29 is 14.3 Å². The maximum absolute atomic E-state index is 11.9. The average Bonchev–Trinajstić information content (AvgIpc) is 3.18. The number of ether oxygens (including phenoxy) is 2. The lowest BCUT2D eigenvalue weighted by Crippen LogP contribution is -2.09. The molecule has 3 aromatic rings. The Hall–Kier alpha value is -2.85. The van der Waals surface area contributed by atoms with Crippen LogP contribution in [0.25, 0.3) is 5.65 Å². The number of pyridine rings is 1. The zero-order valence-corrected chi connectivity index (χ0v) is 19.8. The number of esters is 1. The summed E-state index contributed by atoms with van der Waals surface area (Å²) < 4.78 is 13.7. The first-order valence-electron chi connectivity index (χ1n) is 10.3. The van der Waals surface area contributed by atoms with Crippen LogP contribution in [0.3, 0.4) is 0 Å². The van der Waals surface area contributed by atoms with Gasteiger partial charge in [-0.25, -0.2) is 9.50 Å². The van der Waals surface area contributed by atoms with Crippen LogP contribution < -0.4 is 4.74 Å². The summed E-state index contributed by atoms with van der Waals surface area (Å²) in [6.45, 7) is 8.47. The van der Waals surface area contributed by atoms with Crippen molar-refractivity contribution in [2.45, 2.75) is 52.6 Å². The monoisotopic (exact) mass is 483 g/mol. The van der Waals surface area contributed by atoms with Crippen LogP contribution in [0.5, 0.6) is 5.75 Å². The maximum Gasteiger partial charge on any atom is 0.307 e. The first-order chi connectivity index (χ1) is 14.9. The van der Waals surface area contributed by atoms with Crippen LogP contribution in [0.4, 0.5) is 0 Å². The lowest BCUT2D eigenvalue weighted by Gasteiger charge is -2.12. The molecule has 2 aromatic heterocycles. The average molecular weight is 484 g/mol. The summed E-state index contributed by atoms with van der Waals surface area (Å²) in [4.78, 5) is 16.4. The number of fused-ring (bicyclic) bond motifs is 1. The largest absolute Gasteiger partial charge is 0.489 e. The van der Waals surface area contributed by atoms with Crippen molar-refractivity contribution in [1.82, 2.24) is 14.6 Å². The van der Waals surface area contributed by atoms with Gasteiger partial charge in [0, 0.05) is 17.7 Å². The van der Waals surface area contributed by atoms with Crippen molar-refractivity contribution in [3.63, 3.8) is 0 Å². The van der Waals surface area contributed by atoms with Crippen LogP contribution in [0.2, 0.25) is 0 Å². The Kier molecular flexibility index (Phi) is 7.69. The highest BCUT2D eigenvalue weighted by molar-refractivity contribution is 9.10. The van der Waals surface area contributed by atoms with Crippen LogP contribution in [0.15, 0.2) is 41.0 Å². The number of aromatic nitrogens is 3. The highest BCUT2D eigenvalue weighted by atomic mass is 79.9. The molecule has 0 radical (unpaired) electrons. The Bertz CT molecular complexity index is 1110. The van der Waals surface area contributed by atoms with Crippen LogP contribution in [0, 0.1) is 11.8 Å². The number of hydrogen-bond acceptors (Lipinski definition) is 5. The molecule has 0 aliphatic carbocycles. The quantitative estimate of drug-likeness (QED) is 0.323. The van der Waals surface area contributed by atoms with Gasteiger partial charge in [0.1, 0.15) is 12.4 Å². The molecular formula is C24H26BrN3O3. The minimum absolute atomic E-state index is 0.195. The minimum Gasteiger partial charge on any atom is -0.489 e. The van der Waals surface area contributed by atoms with Gasteiger partial charge >= 0.3 is 5.97 Å². The topological polar surface area (TPSA) is 65.7 Å². The summed E-state index contributed by atoms with van der Waals surface area (Å²) >= 11 is 3.58. The van der Waals surface area contributed by atoms with E-state index in [1.165, 1.54) is 0 Å². The van der Waals surface area contributed by atoms with Gasteiger partial charge < -0.3 is 9.47 Å². The number of hydrogen-bond donors (Lipinski definition) is 0. The third-order valence-corrected chi connectivity index (χ3v) is 5.24. The zero-order chi connectivity index (χ0) is 22.4. The van der Waals surface area contributed by atoms with E-state index in [2.05, 4.69) is 51.7 Å². The standard InChI is InChI=1S/C24H26BrN3O3/c1-5-7-19(13-22(29)30-6-2)18-8-10-20(11-9-18)31-15-17-12-21(25)24-26-23(16(3)4)27-28(24)14-17/h8-12,14,16,19H,6,13,15H2,1-4H3/t19-/m0/s1.